The monoisotopic (exact) mass is 324 g/mol. The van der Waals surface area contributed by atoms with Gasteiger partial charge in [0.2, 0.25) is 0 Å². The third kappa shape index (κ3) is 7.56. The van der Waals surface area contributed by atoms with E-state index >= 15 is 0 Å². The molecule has 0 bridgehead atoms. The molecular weight excluding hydrogens is 300 g/mol. The van der Waals surface area contributed by atoms with Crippen molar-refractivity contribution >= 4 is 17.7 Å². The molecule has 0 aliphatic carbocycles. The first-order chi connectivity index (χ1) is 10.7. The van der Waals surface area contributed by atoms with Crippen molar-refractivity contribution in [3.63, 3.8) is 0 Å². The van der Waals surface area contributed by atoms with E-state index in [-0.39, 0.29) is 36.8 Å². The van der Waals surface area contributed by atoms with Crippen molar-refractivity contribution in [2.24, 2.45) is 0 Å². The van der Waals surface area contributed by atoms with Crippen LogP contribution in [0.25, 0.3) is 0 Å². The van der Waals surface area contributed by atoms with Crippen LogP contribution < -0.4 is 0 Å². The molecule has 0 saturated heterocycles. The maximum atomic E-state index is 11.6. The number of rotatable bonds is 11. The van der Waals surface area contributed by atoms with Crippen molar-refractivity contribution in [3.05, 3.63) is 37.0 Å². The third-order valence-corrected chi connectivity index (χ3v) is 3.02. The van der Waals surface area contributed by atoms with Crippen LogP contribution >= 0.6 is 0 Å². The molecule has 0 aromatic heterocycles. The van der Waals surface area contributed by atoms with Gasteiger partial charge in [-0.2, -0.15) is 0 Å². The average molecular weight is 324 g/mol. The lowest BCUT2D eigenvalue weighted by atomic mass is 10.0. The zero-order chi connectivity index (χ0) is 18.0. The molecule has 128 valence electrons. The summed E-state index contributed by atoms with van der Waals surface area (Å²) in [7, 11) is 0. The van der Waals surface area contributed by atoms with E-state index in [0.29, 0.717) is 6.42 Å². The molecule has 0 saturated carbocycles. The Labute approximate surface area is 136 Å². The van der Waals surface area contributed by atoms with Crippen LogP contribution in [0.3, 0.4) is 0 Å². The first-order valence-electron chi connectivity index (χ1n) is 7.12. The fourth-order valence-corrected chi connectivity index (χ4v) is 1.35. The zero-order valence-electron chi connectivity index (χ0n) is 14.0. The molecule has 0 aliphatic rings. The summed E-state index contributed by atoms with van der Waals surface area (Å²) in [6.45, 7) is 14.5. The molecular formula is C17H24O6. The standard InChI is InChI=1S/C17H24O6/c1-7-14(18)9-23-17(8-2,10-21-15(19)12(3)4)11-22-16(20)13(5)6/h7H,1,3,5,8-11H2,2,4,6H3. The van der Waals surface area contributed by atoms with E-state index in [1.807, 2.05) is 0 Å². The SMILES string of the molecule is C=CC(=O)COC(CC)(COC(=O)C(=C)C)COC(=O)C(=C)C. The van der Waals surface area contributed by atoms with E-state index in [4.69, 9.17) is 14.2 Å². The molecule has 0 spiro atoms. The molecule has 0 N–H and O–H groups in total. The predicted octanol–water partition coefficient (Wildman–Crippen LogP) is 2.15. The number of carbonyl (C=O) groups excluding carboxylic acids is 3. The lowest BCUT2D eigenvalue weighted by Crippen LogP contribution is -2.44. The fourth-order valence-electron chi connectivity index (χ4n) is 1.35. The molecule has 0 fully saturated rings. The van der Waals surface area contributed by atoms with E-state index in [1.165, 1.54) is 13.8 Å². The molecule has 0 radical (unpaired) electrons. The van der Waals surface area contributed by atoms with Crippen LogP contribution in [0.2, 0.25) is 0 Å². The highest BCUT2D eigenvalue weighted by molar-refractivity contribution is 5.90. The summed E-state index contributed by atoms with van der Waals surface area (Å²) in [6.07, 6.45) is 1.48. The maximum absolute atomic E-state index is 11.6. The Kier molecular flexibility index (Phi) is 8.80. The predicted molar refractivity (Wildman–Crippen MR) is 85.7 cm³/mol. The first kappa shape index (κ1) is 20.8. The van der Waals surface area contributed by atoms with Crippen LogP contribution in [0.5, 0.6) is 0 Å². The van der Waals surface area contributed by atoms with Crippen LogP contribution in [0.4, 0.5) is 0 Å². The Hall–Kier alpha value is -2.21. The summed E-state index contributed by atoms with van der Waals surface area (Å²) in [6, 6.07) is 0. The van der Waals surface area contributed by atoms with Gasteiger partial charge < -0.3 is 14.2 Å². The van der Waals surface area contributed by atoms with Gasteiger partial charge in [0.25, 0.3) is 0 Å². The number of carbonyl (C=O) groups is 3. The lowest BCUT2D eigenvalue weighted by molar-refractivity contribution is -0.169. The summed E-state index contributed by atoms with van der Waals surface area (Å²) in [4.78, 5) is 34.5. The Morgan fingerprint density at radius 3 is 1.74 bits per heavy atom. The summed E-state index contributed by atoms with van der Waals surface area (Å²) >= 11 is 0. The van der Waals surface area contributed by atoms with E-state index in [2.05, 4.69) is 19.7 Å². The summed E-state index contributed by atoms with van der Waals surface area (Å²) in [5.74, 6) is -1.51. The van der Waals surface area contributed by atoms with Crippen molar-refractivity contribution in [2.45, 2.75) is 32.8 Å². The second-order valence-electron chi connectivity index (χ2n) is 5.21. The largest absolute Gasteiger partial charge is 0.459 e. The summed E-state index contributed by atoms with van der Waals surface area (Å²) in [5.41, 5.74) is -0.665. The molecule has 23 heavy (non-hydrogen) atoms. The van der Waals surface area contributed by atoms with Crippen molar-refractivity contribution in [3.8, 4) is 0 Å². The van der Waals surface area contributed by atoms with E-state index in [1.54, 1.807) is 6.92 Å². The van der Waals surface area contributed by atoms with E-state index in [0.717, 1.165) is 6.08 Å². The van der Waals surface area contributed by atoms with Gasteiger partial charge in [-0.25, -0.2) is 9.59 Å². The fraction of sp³-hybridized carbons (Fsp3) is 0.471. The highest BCUT2D eigenvalue weighted by atomic mass is 16.6. The molecule has 0 unspecified atom stereocenters. The lowest BCUT2D eigenvalue weighted by Gasteiger charge is -2.31. The van der Waals surface area contributed by atoms with Crippen LogP contribution in [-0.4, -0.2) is 43.1 Å². The molecule has 0 amide bonds. The Morgan fingerprint density at radius 1 is 1.00 bits per heavy atom. The van der Waals surface area contributed by atoms with E-state index in [9.17, 15) is 14.4 Å². The Bertz CT molecular complexity index is 473. The van der Waals surface area contributed by atoms with Crippen molar-refractivity contribution < 1.29 is 28.6 Å². The van der Waals surface area contributed by atoms with Gasteiger partial charge >= 0.3 is 11.9 Å². The number of hydrogen-bond acceptors (Lipinski definition) is 6. The normalized spacial score (nSPS) is 10.6. The Morgan fingerprint density at radius 2 is 1.43 bits per heavy atom. The molecule has 6 heteroatoms. The van der Waals surface area contributed by atoms with Crippen molar-refractivity contribution in [2.75, 3.05) is 19.8 Å². The average Bonchev–Trinajstić information content (AvgIpc) is 2.53. The summed E-state index contributed by atoms with van der Waals surface area (Å²) in [5, 5.41) is 0. The van der Waals surface area contributed by atoms with Crippen molar-refractivity contribution in [1.29, 1.82) is 0 Å². The highest BCUT2D eigenvalue weighted by Crippen LogP contribution is 2.19. The van der Waals surface area contributed by atoms with E-state index < -0.39 is 17.5 Å². The van der Waals surface area contributed by atoms with Gasteiger partial charge in [0.15, 0.2) is 5.78 Å². The van der Waals surface area contributed by atoms with Gasteiger partial charge in [0.1, 0.15) is 25.4 Å². The number of hydrogen-bond donors (Lipinski definition) is 0. The quantitative estimate of drug-likeness (QED) is 0.428. The Balaban J connectivity index is 5.03. The highest BCUT2D eigenvalue weighted by Gasteiger charge is 2.34. The van der Waals surface area contributed by atoms with Crippen molar-refractivity contribution in [1.82, 2.24) is 0 Å². The van der Waals surface area contributed by atoms with Crippen LogP contribution in [0, 0.1) is 0 Å². The van der Waals surface area contributed by atoms with Gasteiger partial charge in [0.05, 0.1) is 0 Å². The molecule has 6 nitrogen and oxygen atoms in total. The second kappa shape index (κ2) is 9.74. The minimum absolute atomic E-state index is 0.177. The minimum atomic E-state index is -1.13. The third-order valence-electron chi connectivity index (χ3n) is 3.02. The molecule has 0 aliphatic heterocycles. The number of ether oxygens (including phenoxy) is 3. The molecule has 0 rings (SSSR count). The van der Waals surface area contributed by atoms with Gasteiger partial charge in [-0.05, 0) is 26.3 Å². The van der Waals surface area contributed by atoms with Gasteiger partial charge in [-0.3, -0.25) is 4.79 Å². The topological polar surface area (TPSA) is 78.9 Å². The molecule has 0 atom stereocenters. The smallest absolute Gasteiger partial charge is 0.333 e. The summed E-state index contributed by atoms with van der Waals surface area (Å²) < 4.78 is 15.8. The van der Waals surface area contributed by atoms with Crippen LogP contribution in [0.1, 0.15) is 27.2 Å². The number of esters is 2. The molecule has 0 heterocycles. The van der Waals surface area contributed by atoms with Gasteiger partial charge in [-0.15, -0.1) is 0 Å². The zero-order valence-corrected chi connectivity index (χ0v) is 14.0. The van der Waals surface area contributed by atoms with Crippen LogP contribution in [0.15, 0.2) is 37.0 Å². The second-order valence-corrected chi connectivity index (χ2v) is 5.21. The minimum Gasteiger partial charge on any atom is -0.459 e. The first-order valence-corrected chi connectivity index (χ1v) is 7.12. The number of ketones is 1. The maximum Gasteiger partial charge on any atom is 0.333 e. The van der Waals surface area contributed by atoms with Crippen LogP contribution in [-0.2, 0) is 28.6 Å². The van der Waals surface area contributed by atoms with Gasteiger partial charge in [0, 0.05) is 11.1 Å². The van der Waals surface area contributed by atoms with Gasteiger partial charge in [-0.1, -0.05) is 26.7 Å². The molecule has 0 aromatic carbocycles. The molecule has 0 aromatic rings.